The van der Waals surface area contributed by atoms with Crippen molar-refractivity contribution in [2.45, 2.75) is 64.9 Å². The fourth-order valence-corrected chi connectivity index (χ4v) is 4.55. The standard InChI is InChI=1S/C20H26O4/c1-10-5-6-20(4)15(12(10)3)9-16(22)14-8-13(7-11(2)21)18(23)19(24)17(14)20/h8,11,15,21,23-24H,5-7,9H2,1-4H3/t11?,15-,20-/m1/s1. The monoisotopic (exact) mass is 330 g/mol. The van der Waals surface area contributed by atoms with E-state index in [0.29, 0.717) is 23.1 Å². The Balaban J connectivity index is 2.23. The average molecular weight is 330 g/mol. The lowest BCUT2D eigenvalue weighted by Gasteiger charge is -2.47. The summed E-state index contributed by atoms with van der Waals surface area (Å²) in [6.07, 6.45) is 1.77. The molecule has 1 aromatic carbocycles. The van der Waals surface area contributed by atoms with E-state index in [9.17, 15) is 20.1 Å². The summed E-state index contributed by atoms with van der Waals surface area (Å²) in [6.45, 7) is 7.89. The van der Waals surface area contributed by atoms with Gasteiger partial charge in [-0.25, -0.2) is 0 Å². The molecule has 0 bridgehead atoms. The van der Waals surface area contributed by atoms with Gasteiger partial charge in [0.1, 0.15) is 0 Å². The predicted octanol–water partition coefficient (Wildman–Crippen LogP) is 3.61. The molecule has 3 rings (SSSR count). The van der Waals surface area contributed by atoms with Crippen molar-refractivity contribution in [3.05, 3.63) is 33.9 Å². The van der Waals surface area contributed by atoms with E-state index in [-0.39, 0.29) is 35.0 Å². The Hall–Kier alpha value is -1.81. The third kappa shape index (κ3) is 2.35. The van der Waals surface area contributed by atoms with Gasteiger partial charge in [0, 0.05) is 34.9 Å². The van der Waals surface area contributed by atoms with Crippen LogP contribution in [0.4, 0.5) is 0 Å². The number of allylic oxidation sites excluding steroid dienone is 2. The number of rotatable bonds is 2. The maximum Gasteiger partial charge on any atom is 0.163 e. The van der Waals surface area contributed by atoms with Gasteiger partial charge in [-0.05, 0) is 45.6 Å². The second kappa shape index (κ2) is 5.62. The Morgan fingerprint density at radius 2 is 1.96 bits per heavy atom. The molecule has 130 valence electrons. The molecule has 1 unspecified atom stereocenters. The zero-order chi connectivity index (χ0) is 17.8. The predicted molar refractivity (Wildman–Crippen MR) is 92.6 cm³/mol. The lowest BCUT2D eigenvalue weighted by molar-refractivity contribution is 0.0908. The van der Waals surface area contributed by atoms with E-state index >= 15 is 0 Å². The van der Waals surface area contributed by atoms with Crippen molar-refractivity contribution in [3.63, 3.8) is 0 Å². The highest BCUT2D eigenvalue weighted by molar-refractivity contribution is 6.01. The van der Waals surface area contributed by atoms with Crippen molar-refractivity contribution in [1.29, 1.82) is 0 Å². The normalized spacial score (nSPS) is 27.7. The van der Waals surface area contributed by atoms with Crippen molar-refractivity contribution in [2.75, 3.05) is 0 Å². The van der Waals surface area contributed by atoms with Crippen LogP contribution in [0.2, 0.25) is 0 Å². The number of aliphatic hydroxyl groups is 1. The second-order valence-corrected chi connectivity index (χ2v) is 7.77. The summed E-state index contributed by atoms with van der Waals surface area (Å²) in [5.41, 5.74) is 3.72. The summed E-state index contributed by atoms with van der Waals surface area (Å²) in [7, 11) is 0. The Labute approximate surface area is 142 Å². The van der Waals surface area contributed by atoms with E-state index in [1.54, 1.807) is 13.0 Å². The quantitative estimate of drug-likeness (QED) is 0.572. The summed E-state index contributed by atoms with van der Waals surface area (Å²) < 4.78 is 0. The van der Waals surface area contributed by atoms with Crippen LogP contribution in [-0.2, 0) is 11.8 Å². The molecule has 0 radical (unpaired) electrons. The molecule has 4 heteroatoms. The first kappa shape index (κ1) is 17.0. The van der Waals surface area contributed by atoms with E-state index in [1.807, 2.05) is 0 Å². The van der Waals surface area contributed by atoms with Crippen molar-refractivity contribution in [1.82, 2.24) is 0 Å². The molecular weight excluding hydrogens is 304 g/mol. The van der Waals surface area contributed by atoms with Gasteiger partial charge in [-0.15, -0.1) is 0 Å². The highest BCUT2D eigenvalue weighted by Gasteiger charge is 2.48. The molecule has 0 saturated heterocycles. The average Bonchev–Trinajstić information content (AvgIpc) is 2.50. The molecule has 0 saturated carbocycles. The molecule has 2 aliphatic rings. The lowest BCUT2D eigenvalue weighted by Crippen LogP contribution is -2.42. The third-order valence-corrected chi connectivity index (χ3v) is 6.11. The van der Waals surface area contributed by atoms with E-state index in [0.717, 1.165) is 12.8 Å². The number of Topliss-reactive ketones (excluding diaryl/α,β-unsaturated/α-hetero) is 1. The molecule has 0 spiro atoms. The van der Waals surface area contributed by atoms with Crippen molar-refractivity contribution >= 4 is 5.78 Å². The van der Waals surface area contributed by atoms with E-state index < -0.39 is 6.10 Å². The van der Waals surface area contributed by atoms with Gasteiger partial charge in [-0.2, -0.15) is 0 Å². The van der Waals surface area contributed by atoms with Gasteiger partial charge in [0.25, 0.3) is 0 Å². The molecule has 3 N–H and O–H groups in total. The lowest BCUT2D eigenvalue weighted by atomic mass is 9.56. The molecule has 24 heavy (non-hydrogen) atoms. The van der Waals surface area contributed by atoms with Crippen LogP contribution in [-0.4, -0.2) is 27.2 Å². The fourth-order valence-electron chi connectivity index (χ4n) is 4.55. The minimum atomic E-state index is -0.655. The van der Waals surface area contributed by atoms with Crippen LogP contribution in [0.25, 0.3) is 0 Å². The van der Waals surface area contributed by atoms with Gasteiger partial charge in [-0.3, -0.25) is 4.79 Å². The molecule has 2 aliphatic carbocycles. The topological polar surface area (TPSA) is 77.8 Å². The van der Waals surface area contributed by atoms with Gasteiger partial charge in [0.2, 0.25) is 0 Å². The minimum absolute atomic E-state index is 0.00340. The Morgan fingerprint density at radius 3 is 2.58 bits per heavy atom. The molecule has 0 heterocycles. The first-order valence-corrected chi connectivity index (χ1v) is 8.62. The summed E-state index contributed by atoms with van der Waals surface area (Å²) in [5, 5.41) is 30.7. The number of ketones is 1. The van der Waals surface area contributed by atoms with Crippen LogP contribution in [0.1, 0.15) is 68.4 Å². The maximum atomic E-state index is 12.8. The number of benzene rings is 1. The van der Waals surface area contributed by atoms with E-state index in [1.165, 1.54) is 11.1 Å². The molecule has 0 fully saturated rings. The summed E-state index contributed by atoms with van der Waals surface area (Å²) in [5.74, 6) is -0.313. The zero-order valence-electron chi connectivity index (χ0n) is 14.8. The van der Waals surface area contributed by atoms with E-state index in [2.05, 4.69) is 20.8 Å². The van der Waals surface area contributed by atoms with Crippen LogP contribution in [0.15, 0.2) is 17.2 Å². The zero-order valence-corrected chi connectivity index (χ0v) is 14.8. The van der Waals surface area contributed by atoms with Crippen LogP contribution >= 0.6 is 0 Å². The van der Waals surface area contributed by atoms with Crippen LogP contribution in [0.3, 0.4) is 0 Å². The Morgan fingerprint density at radius 1 is 1.29 bits per heavy atom. The number of carbonyl (C=O) groups excluding carboxylic acids is 1. The number of aromatic hydroxyl groups is 2. The number of phenolic OH excluding ortho intramolecular Hbond substituents is 2. The second-order valence-electron chi connectivity index (χ2n) is 7.77. The Bertz CT molecular complexity index is 744. The van der Waals surface area contributed by atoms with E-state index in [4.69, 9.17) is 0 Å². The molecule has 0 aliphatic heterocycles. The number of hydrogen-bond donors (Lipinski definition) is 3. The Kier molecular flexibility index (Phi) is 3.99. The first-order chi connectivity index (χ1) is 11.2. The van der Waals surface area contributed by atoms with Gasteiger partial charge in [0.05, 0.1) is 6.10 Å². The largest absolute Gasteiger partial charge is 0.504 e. The molecular formula is C20H26O4. The smallest absolute Gasteiger partial charge is 0.163 e. The summed E-state index contributed by atoms with van der Waals surface area (Å²) >= 11 is 0. The number of fused-ring (bicyclic) bond motifs is 3. The molecule has 3 atom stereocenters. The number of aliphatic hydroxyl groups excluding tert-OH is 1. The SMILES string of the molecule is CC1=C(C)[C@H]2CC(=O)c3cc(CC(C)O)c(O)c(O)c3[C@]2(C)CC1. The maximum absolute atomic E-state index is 12.8. The summed E-state index contributed by atoms with van der Waals surface area (Å²) in [6, 6.07) is 1.67. The van der Waals surface area contributed by atoms with Crippen LogP contribution in [0, 0.1) is 5.92 Å². The third-order valence-electron chi connectivity index (χ3n) is 6.11. The number of hydrogen-bond acceptors (Lipinski definition) is 4. The van der Waals surface area contributed by atoms with Gasteiger partial charge in [-0.1, -0.05) is 18.1 Å². The van der Waals surface area contributed by atoms with Crippen molar-refractivity contribution in [2.24, 2.45) is 5.92 Å². The van der Waals surface area contributed by atoms with Crippen molar-refractivity contribution in [3.8, 4) is 11.5 Å². The first-order valence-electron chi connectivity index (χ1n) is 8.62. The van der Waals surface area contributed by atoms with Crippen LogP contribution in [0.5, 0.6) is 11.5 Å². The molecule has 4 nitrogen and oxygen atoms in total. The van der Waals surface area contributed by atoms with Gasteiger partial charge < -0.3 is 15.3 Å². The van der Waals surface area contributed by atoms with Gasteiger partial charge in [0.15, 0.2) is 17.3 Å². The number of carbonyl (C=O) groups is 1. The number of phenols is 2. The highest BCUT2D eigenvalue weighted by Crippen LogP contribution is 2.56. The fraction of sp³-hybridized carbons (Fsp3) is 0.550. The molecule has 0 amide bonds. The van der Waals surface area contributed by atoms with Crippen molar-refractivity contribution < 1.29 is 20.1 Å². The highest BCUT2D eigenvalue weighted by atomic mass is 16.3. The van der Waals surface area contributed by atoms with Crippen LogP contribution < -0.4 is 0 Å². The summed E-state index contributed by atoms with van der Waals surface area (Å²) in [4.78, 5) is 12.8. The van der Waals surface area contributed by atoms with Gasteiger partial charge >= 0.3 is 0 Å². The minimum Gasteiger partial charge on any atom is -0.504 e. The molecule has 1 aromatic rings. The molecule has 0 aromatic heterocycles.